The second-order valence-corrected chi connectivity index (χ2v) is 4.58. The Bertz CT molecular complexity index is 763. The minimum Gasteiger partial charge on any atom is -0.320 e. The highest BCUT2D eigenvalue weighted by Gasteiger charge is 2.08. The first-order chi connectivity index (χ1) is 9.72. The maximum atomic E-state index is 12.0. The number of pyridine rings is 1. The highest BCUT2D eigenvalue weighted by atomic mass is 16.1. The number of anilines is 1. The van der Waals surface area contributed by atoms with Crippen LogP contribution in [0.3, 0.4) is 0 Å². The van der Waals surface area contributed by atoms with Gasteiger partial charge in [-0.05, 0) is 12.1 Å². The molecule has 0 spiro atoms. The van der Waals surface area contributed by atoms with Crippen LogP contribution in [0.2, 0.25) is 0 Å². The molecule has 0 saturated heterocycles. The molecular weight excluding hydrogens is 252 g/mol. The number of rotatable bonds is 3. The Hall–Kier alpha value is -2.69. The van der Waals surface area contributed by atoms with E-state index in [1.807, 2.05) is 43.4 Å². The van der Waals surface area contributed by atoms with Gasteiger partial charge in [-0.15, -0.1) is 0 Å². The second kappa shape index (κ2) is 5.13. The molecule has 0 radical (unpaired) electrons. The molecule has 1 amide bonds. The molecule has 5 nitrogen and oxygen atoms in total. The normalized spacial score (nSPS) is 10.7. The number of hydrogen-bond acceptors (Lipinski definition) is 3. The number of carbonyl (C=O) groups is 1. The van der Waals surface area contributed by atoms with Gasteiger partial charge >= 0.3 is 0 Å². The molecule has 1 aromatic carbocycles. The third-order valence-electron chi connectivity index (χ3n) is 3.07. The molecule has 0 aliphatic rings. The zero-order valence-electron chi connectivity index (χ0n) is 11.1. The van der Waals surface area contributed by atoms with E-state index in [0.29, 0.717) is 5.95 Å². The van der Waals surface area contributed by atoms with Crippen molar-refractivity contribution in [1.82, 2.24) is 14.5 Å². The van der Waals surface area contributed by atoms with E-state index in [4.69, 9.17) is 0 Å². The van der Waals surface area contributed by atoms with E-state index in [1.54, 1.807) is 17.0 Å². The summed E-state index contributed by atoms with van der Waals surface area (Å²) in [6, 6.07) is 11.7. The van der Waals surface area contributed by atoms with Crippen LogP contribution in [-0.4, -0.2) is 20.4 Å². The summed E-state index contributed by atoms with van der Waals surface area (Å²) in [5.41, 5.74) is 1.64. The summed E-state index contributed by atoms with van der Waals surface area (Å²) in [7, 11) is 1.83. The van der Waals surface area contributed by atoms with Crippen molar-refractivity contribution in [3.63, 3.8) is 0 Å². The quantitative estimate of drug-likeness (QED) is 0.790. The summed E-state index contributed by atoms with van der Waals surface area (Å²) < 4.78 is 1.76. The van der Waals surface area contributed by atoms with Crippen molar-refractivity contribution in [1.29, 1.82) is 0 Å². The number of aryl methyl sites for hydroxylation is 1. The van der Waals surface area contributed by atoms with Gasteiger partial charge in [-0.25, -0.2) is 4.98 Å². The lowest BCUT2D eigenvalue weighted by molar-refractivity contribution is -0.115. The first-order valence-corrected chi connectivity index (χ1v) is 6.34. The summed E-state index contributed by atoms with van der Waals surface area (Å²) in [5.74, 6) is 0.415. The van der Waals surface area contributed by atoms with Crippen LogP contribution < -0.4 is 5.32 Å². The first-order valence-electron chi connectivity index (χ1n) is 6.34. The van der Waals surface area contributed by atoms with Gasteiger partial charge < -0.3 is 4.57 Å². The van der Waals surface area contributed by atoms with Crippen LogP contribution in [-0.2, 0) is 18.3 Å². The van der Waals surface area contributed by atoms with E-state index in [2.05, 4.69) is 15.3 Å². The molecule has 20 heavy (non-hydrogen) atoms. The van der Waals surface area contributed by atoms with Crippen LogP contribution in [0.5, 0.6) is 0 Å². The molecule has 2 heterocycles. The lowest BCUT2D eigenvalue weighted by atomic mass is 10.2. The standard InChI is InChI=1S/C15H14N4O/c1-19-9-8-16-15(19)18-14(20)10-12-7-6-11-4-2-3-5-13(11)17-12/h2-9H,10H2,1H3,(H,16,18,20). The molecule has 0 atom stereocenters. The third-order valence-corrected chi connectivity index (χ3v) is 3.07. The zero-order chi connectivity index (χ0) is 13.9. The summed E-state index contributed by atoms with van der Waals surface area (Å²) in [6.45, 7) is 0. The topological polar surface area (TPSA) is 59.8 Å². The third kappa shape index (κ3) is 2.51. The van der Waals surface area contributed by atoms with E-state index < -0.39 is 0 Å². The number of hydrogen-bond donors (Lipinski definition) is 1. The van der Waals surface area contributed by atoms with Gasteiger partial charge in [0.15, 0.2) is 0 Å². The van der Waals surface area contributed by atoms with Crippen LogP contribution in [0.4, 0.5) is 5.95 Å². The van der Waals surface area contributed by atoms with Crippen molar-refractivity contribution >= 4 is 22.8 Å². The fourth-order valence-electron chi connectivity index (χ4n) is 2.03. The number of benzene rings is 1. The van der Waals surface area contributed by atoms with Gasteiger partial charge in [0.2, 0.25) is 11.9 Å². The first kappa shape index (κ1) is 12.3. The predicted molar refractivity (Wildman–Crippen MR) is 77.3 cm³/mol. The Labute approximate surface area is 116 Å². The summed E-state index contributed by atoms with van der Waals surface area (Å²) >= 11 is 0. The number of para-hydroxylation sites is 1. The molecular formula is C15H14N4O. The lowest BCUT2D eigenvalue weighted by Crippen LogP contribution is -2.17. The SMILES string of the molecule is Cn1ccnc1NC(=O)Cc1ccc2ccccc2n1. The van der Waals surface area contributed by atoms with E-state index >= 15 is 0 Å². The number of amides is 1. The molecule has 3 rings (SSSR count). The zero-order valence-corrected chi connectivity index (χ0v) is 11.1. The van der Waals surface area contributed by atoms with Crippen molar-refractivity contribution in [2.45, 2.75) is 6.42 Å². The average molecular weight is 266 g/mol. The monoisotopic (exact) mass is 266 g/mol. The second-order valence-electron chi connectivity index (χ2n) is 4.58. The molecule has 0 aliphatic carbocycles. The number of carbonyl (C=O) groups excluding carboxylic acids is 1. The minimum atomic E-state index is -0.123. The Morgan fingerprint density at radius 2 is 2.10 bits per heavy atom. The Balaban J connectivity index is 1.75. The highest BCUT2D eigenvalue weighted by molar-refractivity contribution is 5.91. The minimum absolute atomic E-state index is 0.123. The van der Waals surface area contributed by atoms with Gasteiger partial charge in [0.25, 0.3) is 0 Å². The van der Waals surface area contributed by atoms with Crippen LogP contribution >= 0.6 is 0 Å². The smallest absolute Gasteiger partial charge is 0.232 e. The molecule has 1 N–H and O–H groups in total. The van der Waals surface area contributed by atoms with E-state index in [-0.39, 0.29) is 12.3 Å². The number of aromatic nitrogens is 3. The summed E-state index contributed by atoms with van der Waals surface area (Å²) in [5, 5.41) is 3.83. The van der Waals surface area contributed by atoms with Crippen molar-refractivity contribution in [2.24, 2.45) is 7.05 Å². The number of nitrogens with zero attached hydrogens (tertiary/aromatic N) is 3. The Morgan fingerprint density at radius 1 is 1.25 bits per heavy atom. The van der Waals surface area contributed by atoms with E-state index in [9.17, 15) is 4.79 Å². The molecule has 0 saturated carbocycles. The van der Waals surface area contributed by atoms with Crippen molar-refractivity contribution < 1.29 is 4.79 Å². The summed E-state index contributed by atoms with van der Waals surface area (Å²) in [6.07, 6.45) is 3.66. The van der Waals surface area contributed by atoms with Crippen LogP contribution in [0.25, 0.3) is 10.9 Å². The molecule has 2 aromatic heterocycles. The van der Waals surface area contributed by atoms with Gasteiger partial charge in [-0.3, -0.25) is 15.1 Å². The summed E-state index contributed by atoms with van der Waals surface area (Å²) in [4.78, 5) is 20.5. The maximum absolute atomic E-state index is 12.0. The van der Waals surface area contributed by atoms with Gasteiger partial charge in [-0.2, -0.15) is 0 Å². The van der Waals surface area contributed by atoms with Gasteiger partial charge in [0, 0.05) is 24.8 Å². The molecule has 100 valence electrons. The largest absolute Gasteiger partial charge is 0.320 e. The molecule has 3 aromatic rings. The van der Waals surface area contributed by atoms with Crippen molar-refractivity contribution in [2.75, 3.05) is 5.32 Å². The Kier molecular flexibility index (Phi) is 3.16. The number of nitrogens with one attached hydrogen (secondary N) is 1. The maximum Gasteiger partial charge on any atom is 0.232 e. The Morgan fingerprint density at radius 3 is 2.90 bits per heavy atom. The fourth-order valence-corrected chi connectivity index (χ4v) is 2.03. The van der Waals surface area contributed by atoms with Gasteiger partial charge in [-0.1, -0.05) is 24.3 Å². The molecule has 0 aliphatic heterocycles. The van der Waals surface area contributed by atoms with E-state index in [0.717, 1.165) is 16.6 Å². The fraction of sp³-hybridized carbons (Fsp3) is 0.133. The van der Waals surface area contributed by atoms with Crippen LogP contribution in [0.1, 0.15) is 5.69 Å². The van der Waals surface area contributed by atoms with E-state index in [1.165, 1.54) is 0 Å². The molecule has 0 bridgehead atoms. The number of imidazole rings is 1. The molecule has 5 heteroatoms. The average Bonchev–Trinajstić information content (AvgIpc) is 2.84. The predicted octanol–water partition coefficient (Wildman–Crippen LogP) is 2.15. The molecule has 0 fully saturated rings. The highest BCUT2D eigenvalue weighted by Crippen LogP contribution is 2.12. The van der Waals surface area contributed by atoms with Crippen LogP contribution in [0.15, 0.2) is 48.8 Å². The lowest BCUT2D eigenvalue weighted by Gasteiger charge is -2.05. The molecule has 0 unspecified atom stereocenters. The number of fused-ring (bicyclic) bond motifs is 1. The van der Waals surface area contributed by atoms with Gasteiger partial charge in [0.1, 0.15) is 0 Å². The van der Waals surface area contributed by atoms with Crippen LogP contribution in [0, 0.1) is 0 Å². The van der Waals surface area contributed by atoms with Crippen molar-refractivity contribution in [3.8, 4) is 0 Å². The van der Waals surface area contributed by atoms with Crippen molar-refractivity contribution in [3.05, 3.63) is 54.5 Å². The van der Waals surface area contributed by atoms with Gasteiger partial charge in [0.05, 0.1) is 17.6 Å².